The van der Waals surface area contributed by atoms with Crippen molar-refractivity contribution >= 4 is 23.4 Å². The van der Waals surface area contributed by atoms with E-state index < -0.39 is 16.6 Å². The topological polar surface area (TPSA) is 126 Å². The summed E-state index contributed by atoms with van der Waals surface area (Å²) in [6.07, 6.45) is 0.947. The van der Waals surface area contributed by atoms with Crippen LogP contribution in [0.3, 0.4) is 0 Å². The number of carboxylic acid groups (broad SMARTS) is 1. The molecule has 19 heavy (non-hydrogen) atoms. The van der Waals surface area contributed by atoms with E-state index in [1.807, 2.05) is 0 Å². The normalized spacial score (nSPS) is 9.79. The van der Waals surface area contributed by atoms with Gasteiger partial charge in [0, 0.05) is 20.2 Å². The van der Waals surface area contributed by atoms with E-state index in [2.05, 4.69) is 10.3 Å². The highest BCUT2D eigenvalue weighted by atomic mass is 16.6. The molecule has 0 aliphatic heterocycles. The number of likely N-dealkylation sites (N-methyl/N-ethyl adjacent to an activating group) is 2. The summed E-state index contributed by atoms with van der Waals surface area (Å²) >= 11 is 0. The maximum Gasteiger partial charge on any atom is 0.339 e. The Kier molecular flexibility index (Phi) is 4.35. The molecule has 0 unspecified atom stereocenters. The molecule has 0 fully saturated rings. The quantitative estimate of drug-likeness (QED) is 0.562. The highest BCUT2D eigenvalue weighted by molar-refractivity contribution is 5.94. The first-order valence-corrected chi connectivity index (χ1v) is 5.16. The van der Waals surface area contributed by atoms with Crippen LogP contribution >= 0.6 is 0 Å². The number of aromatic nitrogens is 1. The smallest absolute Gasteiger partial charge is 0.339 e. The molecule has 0 bridgehead atoms. The molecule has 0 aliphatic carbocycles. The number of nitrogens with zero attached hydrogens (tertiary/aromatic N) is 3. The third-order valence-corrected chi connectivity index (χ3v) is 2.31. The van der Waals surface area contributed by atoms with Gasteiger partial charge in [-0.3, -0.25) is 14.9 Å². The number of pyridine rings is 1. The lowest BCUT2D eigenvalue weighted by atomic mass is 10.2. The fourth-order valence-corrected chi connectivity index (χ4v) is 1.38. The van der Waals surface area contributed by atoms with E-state index in [-0.39, 0.29) is 23.8 Å². The van der Waals surface area contributed by atoms with Crippen LogP contribution in [0.15, 0.2) is 12.3 Å². The lowest BCUT2D eigenvalue weighted by Crippen LogP contribution is -2.34. The Balaban J connectivity index is 3.16. The Morgan fingerprint density at radius 1 is 1.58 bits per heavy atom. The van der Waals surface area contributed by atoms with Gasteiger partial charge in [-0.2, -0.15) is 0 Å². The molecule has 9 nitrogen and oxygen atoms in total. The van der Waals surface area contributed by atoms with Crippen LogP contribution in [0.2, 0.25) is 0 Å². The zero-order chi connectivity index (χ0) is 14.6. The molecule has 0 aromatic carbocycles. The Labute approximate surface area is 108 Å². The van der Waals surface area contributed by atoms with E-state index in [0.29, 0.717) is 0 Å². The number of hydrogen-bond acceptors (Lipinski definition) is 6. The van der Waals surface area contributed by atoms with Gasteiger partial charge in [0.25, 0.3) is 5.69 Å². The third-order valence-electron chi connectivity index (χ3n) is 2.31. The van der Waals surface area contributed by atoms with E-state index in [9.17, 15) is 19.7 Å². The molecule has 0 saturated carbocycles. The maximum atomic E-state index is 11.2. The van der Waals surface area contributed by atoms with Crippen molar-refractivity contribution in [2.24, 2.45) is 0 Å². The largest absolute Gasteiger partial charge is 0.478 e. The van der Waals surface area contributed by atoms with Crippen LogP contribution in [0.1, 0.15) is 10.4 Å². The van der Waals surface area contributed by atoms with E-state index in [4.69, 9.17) is 5.11 Å². The number of nitro groups is 1. The van der Waals surface area contributed by atoms with Crippen molar-refractivity contribution in [1.29, 1.82) is 0 Å². The van der Waals surface area contributed by atoms with Crippen molar-refractivity contribution < 1.29 is 19.6 Å². The Morgan fingerprint density at radius 3 is 2.68 bits per heavy atom. The minimum atomic E-state index is -1.35. The average molecular weight is 268 g/mol. The van der Waals surface area contributed by atoms with E-state index in [0.717, 1.165) is 12.3 Å². The first-order chi connectivity index (χ1) is 8.86. The average Bonchev–Trinajstić information content (AvgIpc) is 2.37. The summed E-state index contributed by atoms with van der Waals surface area (Å²) in [5.41, 5.74) is -0.755. The maximum absolute atomic E-state index is 11.2. The molecular weight excluding hydrogens is 256 g/mol. The van der Waals surface area contributed by atoms with Gasteiger partial charge in [0.05, 0.1) is 11.5 Å². The van der Waals surface area contributed by atoms with Crippen LogP contribution in [-0.2, 0) is 4.79 Å². The van der Waals surface area contributed by atoms with Crippen molar-refractivity contribution in [3.05, 3.63) is 27.9 Å². The molecule has 102 valence electrons. The Bertz CT molecular complexity index is 531. The number of carboxylic acids is 1. The van der Waals surface area contributed by atoms with E-state index >= 15 is 0 Å². The fourth-order valence-electron chi connectivity index (χ4n) is 1.38. The molecule has 0 saturated heterocycles. The first kappa shape index (κ1) is 14.4. The molecule has 0 atom stereocenters. The molecule has 9 heteroatoms. The predicted molar refractivity (Wildman–Crippen MR) is 65.2 cm³/mol. The van der Waals surface area contributed by atoms with E-state index in [1.165, 1.54) is 19.0 Å². The highest BCUT2D eigenvalue weighted by Crippen LogP contribution is 2.21. The van der Waals surface area contributed by atoms with Crippen molar-refractivity contribution in [2.45, 2.75) is 0 Å². The third kappa shape index (κ3) is 3.37. The van der Waals surface area contributed by atoms with Crippen molar-refractivity contribution in [2.75, 3.05) is 25.5 Å². The Morgan fingerprint density at radius 2 is 2.21 bits per heavy atom. The monoisotopic (exact) mass is 268 g/mol. The van der Waals surface area contributed by atoms with Gasteiger partial charge in [-0.1, -0.05) is 0 Å². The molecule has 2 N–H and O–H groups in total. The summed E-state index contributed by atoms with van der Waals surface area (Å²) in [6, 6.07) is 0.908. The number of carbonyl (C=O) groups is 2. The molecule has 0 spiro atoms. The lowest BCUT2D eigenvalue weighted by Gasteiger charge is -2.18. The van der Waals surface area contributed by atoms with Crippen LogP contribution in [0.5, 0.6) is 0 Å². The number of hydrogen-bond donors (Lipinski definition) is 2. The zero-order valence-corrected chi connectivity index (χ0v) is 10.3. The number of amides is 1. The van der Waals surface area contributed by atoms with Crippen LogP contribution in [0.25, 0.3) is 0 Å². The van der Waals surface area contributed by atoms with E-state index in [1.54, 1.807) is 0 Å². The molecule has 0 aliphatic rings. The van der Waals surface area contributed by atoms with Gasteiger partial charge in [-0.25, -0.2) is 9.78 Å². The van der Waals surface area contributed by atoms with Crippen molar-refractivity contribution in [3.63, 3.8) is 0 Å². The molecule has 1 heterocycles. The predicted octanol–water partition coefficient (Wildman–Crippen LogP) is -0.130. The summed E-state index contributed by atoms with van der Waals surface area (Å²) in [6.45, 7) is -0.110. The second-order valence-corrected chi connectivity index (χ2v) is 3.66. The second kappa shape index (κ2) is 5.76. The SMILES string of the molecule is CNC(=O)CN(C)c1ncc([N+](=O)[O-])cc1C(=O)O. The number of nitrogens with one attached hydrogen (secondary N) is 1. The number of aromatic carboxylic acids is 1. The van der Waals surface area contributed by atoms with Gasteiger partial charge < -0.3 is 15.3 Å². The minimum Gasteiger partial charge on any atom is -0.478 e. The molecule has 1 aromatic heterocycles. The van der Waals surface area contributed by atoms with Gasteiger partial charge in [0.1, 0.15) is 17.6 Å². The zero-order valence-electron chi connectivity index (χ0n) is 10.3. The summed E-state index contributed by atoms with van der Waals surface area (Å²) in [4.78, 5) is 37.2. The van der Waals surface area contributed by atoms with Gasteiger partial charge in [0.15, 0.2) is 0 Å². The summed E-state index contributed by atoms with van der Waals surface area (Å²) in [5.74, 6) is -1.70. The van der Waals surface area contributed by atoms with Gasteiger partial charge in [0.2, 0.25) is 5.91 Å². The standard InChI is InChI=1S/C10H12N4O5/c1-11-8(15)5-13(2)9-7(10(16)17)3-6(4-12-9)14(18)19/h3-4H,5H2,1-2H3,(H,11,15)(H,16,17). The summed E-state index contributed by atoms with van der Waals surface area (Å²) in [7, 11) is 2.91. The minimum absolute atomic E-state index is 0.0123. The van der Waals surface area contributed by atoms with Crippen LogP contribution in [-0.4, -0.2) is 47.5 Å². The van der Waals surface area contributed by atoms with Crippen LogP contribution < -0.4 is 10.2 Å². The summed E-state index contributed by atoms with van der Waals surface area (Å²) < 4.78 is 0. The van der Waals surface area contributed by atoms with Gasteiger partial charge >= 0.3 is 5.97 Å². The fraction of sp³-hybridized carbons (Fsp3) is 0.300. The van der Waals surface area contributed by atoms with Crippen LogP contribution in [0.4, 0.5) is 11.5 Å². The first-order valence-electron chi connectivity index (χ1n) is 5.16. The van der Waals surface area contributed by atoms with Gasteiger partial charge in [-0.05, 0) is 0 Å². The van der Waals surface area contributed by atoms with Crippen molar-refractivity contribution in [3.8, 4) is 0 Å². The lowest BCUT2D eigenvalue weighted by molar-refractivity contribution is -0.385. The Hall–Kier alpha value is -2.71. The number of anilines is 1. The highest BCUT2D eigenvalue weighted by Gasteiger charge is 2.20. The molecule has 1 rings (SSSR count). The molecule has 1 aromatic rings. The van der Waals surface area contributed by atoms with Gasteiger partial charge in [-0.15, -0.1) is 0 Å². The summed E-state index contributed by atoms with van der Waals surface area (Å²) in [5, 5.41) is 22.0. The van der Waals surface area contributed by atoms with Crippen molar-refractivity contribution in [1.82, 2.24) is 10.3 Å². The molecule has 1 amide bonds. The van der Waals surface area contributed by atoms with Crippen LogP contribution in [0, 0.1) is 10.1 Å². The number of rotatable bonds is 5. The molecular formula is C10H12N4O5. The second-order valence-electron chi connectivity index (χ2n) is 3.66. The molecule has 0 radical (unpaired) electrons. The number of carbonyl (C=O) groups excluding carboxylic acids is 1.